The molecule has 0 unspecified atom stereocenters. The first-order valence-electron chi connectivity index (χ1n) is 3.88. The zero-order valence-corrected chi connectivity index (χ0v) is 7.88. The van der Waals surface area contributed by atoms with Crippen molar-refractivity contribution < 1.29 is 9.21 Å². The molecule has 0 radical (unpaired) electrons. The van der Waals surface area contributed by atoms with Crippen LogP contribution in [0.1, 0.15) is 15.4 Å². The number of carbonyl (C=O) groups excluding carboxylic acids is 1. The van der Waals surface area contributed by atoms with Crippen LogP contribution in [0.4, 0.5) is 0 Å². The number of hydrogen-bond acceptors (Lipinski definition) is 4. The molecule has 14 heavy (non-hydrogen) atoms. The van der Waals surface area contributed by atoms with Gasteiger partial charge in [-0.25, -0.2) is 0 Å². The summed E-state index contributed by atoms with van der Waals surface area (Å²) in [6.07, 6.45) is 2.13. The summed E-state index contributed by atoms with van der Waals surface area (Å²) in [5.74, 6) is 0.302. The highest BCUT2D eigenvalue weighted by Gasteiger charge is 2.09. The van der Waals surface area contributed by atoms with E-state index in [1.54, 1.807) is 18.2 Å². The molecular formula is C10H5NO2S. The molecule has 2 aromatic rings. The van der Waals surface area contributed by atoms with Gasteiger partial charge in [0, 0.05) is 10.4 Å². The van der Waals surface area contributed by atoms with E-state index < -0.39 is 0 Å². The Kier molecular flexibility index (Phi) is 2.17. The third kappa shape index (κ3) is 1.34. The van der Waals surface area contributed by atoms with Gasteiger partial charge in [0.15, 0.2) is 12.0 Å². The van der Waals surface area contributed by atoms with Gasteiger partial charge in [-0.05, 0) is 18.2 Å². The molecule has 0 fully saturated rings. The molecule has 0 aliphatic rings. The molecule has 68 valence electrons. The van der Waals surface area contributed by atoms with Gasteiger partial charge in [0.1, 0.15) is 10.9 Å². The zero-order valence-electron chi connectivity index (χ0n) is 7.06. The van der Waals surface area contributed by atoms with Gasteiger partial charge in [-0.3, -0.25) is 4.79 Å². The monoisotopic (exact) mass is 203 g/mol. The first-order chi connectivity index (χ1) is 6.85. The Balaban J connectivity index is 2.49. The molecule has 2 aromatic heterocycles. The zero-order chi connectivity index (χ0) is 9.97. The van der Waals surface area contributed by atoms with Crippen molar-refractivity contribution in [3.63, 3.8) is 0 Å². The summed E-state index contributed by atoms with van der Waals surface area (Å²) in [6.45, 7) is 0. The fraction of sp³-hybridized carbons (Fsp3) is 0. The highest BCUT2D eigenvalue weighted by molar-refractivity contribution is 7.16. The molecule has 2 heterocycles. The second-order valence-electron chi connectivity index (χ2n) is 2.59. The first-order valence-corrected chi connectivity index (χ1v) is 4.70. The van der Waals surface area contributed by atoms with Crippen molar-refractivity contribution in [1.29, 1.82) is 5.26 Å². The van der Waals surface area contributed by atoms with Gasteiger partial charge in [-0.15, -0.1) is 11.3 Å². The standard InChI is InChI=1S/C10H5NO2S/c11-5-7-1-2-10(14-7)8-3-4-13-9(8)6-12/h1-4,6H. The molecule has 0 bridgehead atoms. The number of carbonyl (C=O) groups is 1. The van der Waals surface area contributed by atoms with Gasteiger partial charge in [-0.2, -0.15) is 5.26 Å². The molecule has 4 heteroatoms. The third-order valence-electron chi connectivity index (χ3n) is 1.78. The Bertz CT molecular complexity index is 504. The molecule has 0 saturated carbocycles. The second-order valence-corrected chi connectivity index (χ2v) is 3.68. The van der Waals surface area contributed by atoms with Gasteiger partial charge in [0.2, 0.25) is 0 Å². The highest BCUT2D eigenvalue weighted by atomic mass is 32.1. The normalized spacial score (nSPS) is 9.64. The van der Waals surface area contributed by atoms with Crippen LogP contribution in [0.15, 0.2) is 28.9 Å². The van der Waals surface area contributed by atoms with Crippen LogP contribution in [0.25, 0.3) is 10.4 Å². The van der Waals surface area contributed by atoms with Crippen LogP contribution in [0.5, 0.6) is 0 Å². The van der Waals surface area contributed by atoms with Crippen molar-refractivity contribution in [1.82, 2.24) is 0 Å². The van der Waals surface area contributed by atoms with Crippen molar-refractivity contribution in [3.05, 3.63) is 35.1 Å². The number of nitrogens with zero attached hydrogens (tertiary/aromatic N) is 1. The molecule has 0 amide bonds. The summed E-state index contributed by atoms with van der Waals surface area (Å²) in [5, 5.41) is 8.64. The number of hydrogen-bond donors (Lipinski definition) is 0. The van der Waals surface area contributed by atoms with Crippen molar-refractivity contribution in [2.45, 2.75) is 0 Å². The average molecular weight is 203 g/mol. The molecule has 0 spiro atoms. The minimum absolute atomic E-state index is 0.302. The SMILES string of the molecule is N#Cc1ccc(-c2ccoc2C=O)s1. The molecule has 0 aliphatic carbocycles. The minimum atomic E-state index is 0.302. The van der Waals surface area contributed by atoms with E-state index in [0.29, 0.717) is 16.9 Å². The van der Waals surface area contributed by atoms with Crippen LogP contribution < -0.4 is 0 Å². The molecule has 3 nitrogen and oxygen atoms in total. The molecular weight excluding hydrogens is 198 g/mol. The van der Waals surface area contributed by atoms with Crippen LogP contribution in [0, 0.1) is 11.3 Å². The maximum atomic E-state index is 10.6. The Hall–Kier alpha value is -1.86. The molecule has 0 aliphatic heterocycles. The van der Waals surface area contributed by atoms with E-state index in [-0.39, 0.29) is 0 Å². The Morgan fingerprint density at radius 3 is 2.93 bits per heavy atom. The van der Waals surface area contributed by atoms with Crippen molar-refractivity contribution in [3.8, 4) is 16.5 Å². The first kappa shape index (κ1) is 8.73. The minimum Gasteiger partial charge on any atom is -0.461 e. The number of furan rings is 1. The number of aldehydes is 1. The fourth-order valence-electron chi connectivity index (χ4n) is 1.16. The van der Waals surface area contributed by atoms with Crippen molar-refractivity contribution in [2.75, 3.05) is 0 Å². The lowest BCUT2D eigenvalue weighted by atomic mass is 10.2. The van der Waals surface area contributed by atoms with E-state index in [2.05, 4.69) is 0 Å². The van der Waals surface area contributed by atoms with Gasteiger partial charge >= 0.3 is 0 Å². The molecule has 0 N–H and O–H groups in total. The van der Waals surface area contributed by atoms with Crippen LogP contribution in [-0.4, -0.2) is 6.29 Å². The summed E-state index contributed by atoms with van der Waals surface area (Å²) >= 11 is 1.34. The Morgan fingerprint density at radius 1 is 1.43 bits per heavy atom. The Labute approximate surface area is 84.2 Å². The van der Waals surface area contributed by atoms with E-state index in [4.69, 9.17) is 9.68 Å². The summed E-state index contributed by atoms with van der Waals surface area (Å²) in [4.78, 5) is 12.1. The molecule has 0 atom stereocenters. The van der Waals surface area contributed by atoms with E-state index >= 15 is 0 Å². The quantitative estimate of drug-likeness (QED) is 0.705. The lowest BCUT2D eigenvalue weighted by molar-refractivity contribution is 0.110. The van der Waals surface area contributed by atoms with Gasteiger partial charge in [0.25, 0.3) is 0 Å². The Morgan fingerprint density at radius 2 is 2.29 bits per heavy atom. The fourth-order valence-corrected chi connectivity index (χ4v) is 1.99. The van der Waals surface area contributed by atoms with Crippen LogP contribution >= 0.6 is 11.3 Å². The smallest absolute Gasteiger partial charge is 0.185 e. The van der Waals surface area contributed by atoms with Gasteiger partial charge in [-0.1, -0.05) is 0 Å². The predicted octanol–water partition coefficient (Wildman–Crippen LogP) is 2.69. The summed E-state index contributed by atoms with van der Waals surface area (Å²) in [5.41, 5.74) is 0.742. The maximum Gasteiger partial charge on any atom is 0.185 e. The summed E-state index contributed by atoms with van der Waals surface area (Å²) in [6, 6.07) is 7.30. The number of rotatable bonds is 2. The summed E-state index contributed by atoms with van der Waals surface area (Å²) < 4.78 is 4.97. The molecule has 2 rings (SSSR count). The van der Waals surface area contributed by atoms with E-state index in [1.807, 2.05) is 6.07 Å². The topological polar surface area (TPSA) is 54.0 Å². The molecule has 0 aromatic carbocycles. The molecule has 0 saturated heterocycles. The van der Waals surface area contributed by atoms with E-state index in [9.17, 15) is 4.79 Å². The maximum absolute atomic E-state index is 10.6. The van der Waals surface area contributed by atoms with Gasteiger partial charge < -0.3 is 4.42 Å². The van der Waals surface area contributed by atoms with Crippen LogP contribution in [0.3, 0.4) is 0 Å². The lowest BCUT2D eigenvalue weighted by Crippen LogP contribution is -1.76. The number of nitriles is 1. The highest BCUT2D eigenvalue weighted by Crippen LogP contribution is 2.30. The average Bonchev–Trinajstić information content (AvgIpc) is 2.85. The van der Waals surface area contributed by atoms with Crippen molar-refractivity contribution in [2.24, 2.45) is 0 Å². The van der Waals surface area contributed by atoms with Gasteiger partial charge in [0.05, 0.1) is 6.26 Å². The van der Waals surface area contributed by atoms with E-state index in [1.165, 1.54) is 17.6 Å². The van der Waals surface area contributed by atoms with Crippen LogP contribution in [0.2, 0.25) is 0 Å². The third-order valence-corrected chi connectivity index (χ3v) is 2.81. The van der Waals surface area contributed by atoms with E-state index in [0.717, 1.165) is 10.4 Å². The lowest BCUT2D eigenvalue weighted by Gasteiger charge is -1.89. The number of thiophene rings is 1. The largest absolute Gasteiger partial charge is 0.461 e. The van der Waals surface area contributed by atoms with Crippen LogP contribution in [-0.2, 0) is 0 Å². The predicted molar refractivity (Wildman–Crippen MR) is 52.1 cm³/mol. The second kappa shape index (κ2) is 3.48. The summed E-state index contributed by atoms with van der Waals surface area (Å²) in [7, 11) is 0. The van der Waals surface area contributed by atoms with Crippen molar-refractivity contribution >= 4 is 17.6 Å².